The Labute approximate surface area is 362 Å². The van der Waals surface area contributed by atoms with E-state index < -0.39 is 0 Å². The number of hydrogen-bond donors (Lipinski definition) is 0. The summed E-state index contributed by atoms with van der Waals surface area (Å²) < 4.78 is 4.85. The summed E-state index contributed by atoms with van der Waals surface area (Å²) in [6.07, 6.45) is 0. The van der Waals surface area contributed by atoms with Crippen molar-refractivity contribution in [1.82, 2.24) is 19.1 Å². The maximum Gasteiger partial charge on any atom is 0.165 e. The molecule has 3 heterocycles. The third-order valence-corrected chi connectivity index (χ3v) is 14.0. The first kappa shape index (κ1) is 34.6. The van der Waals surface area contributed by atoms with Crippen LogP contribution in [-0.4, -0.2) is 19.1 Å². The zero-order valence-corrected chi connectivity index (χ0v) is 34.8. The van der Waals surface area contributed by atoms with Crippen molar-refractivity contribution in [2.24, 2.45) is 0 Å². The summed E-state index contributed by atoms with van der Waals surface area (Å²) in [4.78, 5) is 11.9. The highest BCUT2D eigenvalue weighted by atomic mass is 15.1. The molecule has 14 rings (SSSR count). The van der Waals surface area contributed by atoms with Gasteiger partial charge in [-0.05, 0) is 68.2 Å². The molecule has 0 radical (unpaired) electrons. The van der Waals surface area contributed by atoms with Crippen molar-refractivity contribution in [2.45, 2.75) is 19.3 Å². The van der Waals surface area contributed by atoms with Gasteiger partial charge in [0.2, 0.25) is 0 Å². The summed E-state index contributed by atoms with van der Waals surface area (Å²) in [5, 5.41) is 14.7. The number of fused-ring (bicyclic) bond motifs is 18. The van der Waals surface area contributed by atoms with Gasteiger partial charge in [-0.3, -0.25) is 4.57 Å². The molecule has 10 aromatic carbocycles. The van der Waals surface area contributed by atoms with Crippen molar-refractivity contribution < 1.29 is 0 Å². The number of benzene rings is 10. The van der Waals surface area contributed by atoms with Gasteiger partial charge in [-0.15, -0.1) is 0 Å². The Kier molecular flexibility index (Phi) is 6.87. The summed E-state index contributed by atoms with van der Waals surface area (Å²) >= 11 is 0. The second-order valence-corrected chi connectivity index (χ2v) is 17.6. The quantitative estimate of drug-likeness (QED) is 0.167. The third kappa shape index (κ3) is 4.54. The fourth-order valence-electron chi connectivity index (χ4n) is 11.3. The van der Waals surface area contributed by atoms with E-state index in [2.05, 4.69) is 217 Å². The molecule has 13 aromatic rings. The maximum atomic E-state index is 5.95. The van der Waals surface area contributed by atoms with E-state index in [0.29, 0.717) is 0 Å². The van der Waals surface area contributed by atoms with Gasteiger partial charge in [-0.1, -0.05) is 178 Å². The molecule has 4 heteroatoms. The van der Waals surface area contributed by atoms with Crippen LogP contribution in [0.1, 0.15) is 25.1 Å². The van der Waals surface area contributed by atoms with Crippen LogP contribution in [0.4, 0.5) is 0 Å². The Morgan fingerprint density at radius 1 is 0.365 bits per heavy atom. The second kappa shape index (κ2) is 12.5. The predicted octanol–water partition coefficient (Wildman–Crippen LogP) is 15.3. The first-order chi connectivity index (χ1) is 31.1. The number of hydrogen-bond acceptors (Lipinski definition) is 2. The van der Waals surface area contributed by atoms with Crippen molar-refractivity contribution in [3.63, 3.8) is 0 Å². The summed E-state index contributed by atoms with van der Waals surface area (Å²) in [6, 6.07) is 70.9. The molecule has 63 heavy (non-hydrogen) atoms. The van der Waals surface area contributed by atoms with Gasteiger partial charge >= 0.3 is 0 Å². The summed E-state index contributed by atoms with van der Waals surface area (Å²) in [5.74, 6) is 0.825. The Hall–Kier alpha value is -8.08. The molecule has 0 atom stereocenters. The highest BCUT2D eigenvalue weighted by molar-refractivity contribution is 6.36. The van der Waals surface area contributed by atoms with Crippen LogP contribution in [0.5, 0.6) is 0 Å². The van der Waals surface area contributed by atoms with Crippen molar-refractivity contribution in [1.29, 1.82) is 0 Å². The van der Waals surface area contributed by atoms with Crippen LogP contribution >= 0.6 is 0 Å². The standard InChI is InChI=1S/C59H38N4/c1-59(2)47-28-14-12-25-43(47)54-57(59)60-55(45-27-16-30-49-51(45)44-26-13-15-29-48(44)62(49)36-18-4-3-5-19-36)58(61-54)63-50-34-33-42-40-23-9-8-21-38(40)39-22-10-11-24-41(39)52(42)53(50)46-32-31-35-17-6-7-20-37(35)56(46)63/h3-34H,1-2H3. The van der Waals surface area contributed by atoms with E-state index in [9.17, 15) is 0 Å². The van der Waals surface area contributed by atoms with Crippen molar-refractivity contribution >= 4 is 86.7 Å². The van der Waals surface area contributed by atoms with Gasteiger partial charge in [0.25, 0.3) is 0 Å². The van der Waals surface area contributed by atoms with Gasteiger partial charge in [-0.2, -0.15) is 0 Å². The lowest BCUT2D eigenvalue weighted by molar-refractivity contribution is 0.635. The van der Waals surface area contributed by atoms with E-state index in [-0.39, 0.29) is 5.41 Å². The first-order valence-corrected chi connectivity index (χ1v) is 21.8. The highest BCUT2D eigenvalue weighted by Gasteiger charge is 2.40. The van der Waals surface area contributed by atoms with Crippen molar-refractivity contribution in [2.75, 3.05) is 0 Å². The Bertz CT molecular complexity index is 4080. The summed E-state index contributed by atoms with van der Waals surface area (Å²) in [7, 11) is 0. The molecule has 0 saturated carbocycles. The minimum Gasteiger partial charge on any atom is -0.309 e. The molecule has 0 spiro atoms. The largest absolute Gasteiger partial charge is 0.309 e. The third-order valence-electron chi connectivity index (χ3n) is 14.0. The molecule has 0 bridgehead atoms. The molecule has 0 N–H and O–H groups in total. The Morgan fingerprint density at radius 3 is 1.76 bits per heavy atom. The Morgan fingerprint density at radius 2 is 0.952 bits per heavy atom. The molecule has 0 saturated heterocycles. The molecule has 294 valence electrons. The summed E-state index contributed by atoms with van der Waals surface area (Å²) in [5.41, 5.74) is 11.6. The van der Waals surface area contributed by atoms with Gasteiger partial charge in [0.15, 0.2) is 5.82 Å². The fraction of sp³-hybridized carbons (Fsp3) is 0.0508. The topological polar surface area (TPSA) is 35.6 Å². The number of para-hydroxylation sites is 2. The number of nitrogens with zero attached hydrogens (tertiary/aromatic N) is 4. The van der Waals surface area contributed by atoms with Crippen LogP contribution in [0.15, 0.2) is 194 Å². The van der Waals surface area contributed by atoms with Crippen molar-refractivity contribution in [3.05, 3.63) is 205 Å². The maximum absolute atomic E-state index is 5.95. The molecule has 0 aliphatic heterocycles. The van der Waals surface area contributed by atoms with Gasteiger partial charge in [0.05, 0.1) is 33.5 Å². The average Bonchev–Trinajstić information content (AvgIpc) is 3.94. The van der Waals surface area contributed by atoms with Gasteiger partial charge in [0.1, 0.15) is 5.69 Å². The van der Waals surface area contributed by atoms with Crippen LogP contribution in [0.3, 0.4) is 0 Å². The molecule has 0 unspecified atom stereocenters. The summed E-state index contributed by atoms with van der Waals surface area (Å²) in [6.45, 7) is 4.60. The van der Waals surface area contributed by atoms with Crippen molar-refractivity contribution in [3.8, 4) is 34.0 Å². The minimum atomic E-state index is -0.359. The van der Waals surface area contributed by atoms with E-state index in [1.54, 1.807) is 0 Å². The number of rotatable bonds is 3. The van der Waals surface area contributed by atoms with Crippen LogP contribution in [0.2, 0.25) is 0 Å². The molecule has 0 amide bonds. The molecule has 1 aliphatic carbocycles. The zero-order chi connectivity index (χ0) is 41.6. The lowest BCUT2D eigenvalue weighted by atomic mass is 9.85. The SMILES string of the molecule is CC1(C)c2ccccc2-c2nc(-n3c4ccc5c6ccccc6c6ccccc6c5c4c4ccc5ccccc5c43)c(-c3cccc4c3c3ccccc3n4-c3ccccc3)nc21. The second-order valence-electron chi connectivity index (χ2n) is 17.6. The van der Waals surface area contributed by atoms with E-state index >= 15 is 0 Å². The van der Waals surface area contributed by atoms with Crippen LogP contribution < -0.4 is 0 Å². The molecule has 1 aliphatic rings. The molecule has 4 nitrogen and oxygen atoms in total. The zero-order valence-electron chi connectivity index (χ0n) is 34.8. The fourth-order valence-corrected chi connectivity index (χ4v) is 11.3. The normalized spacial score (nSPS) is 13.4. The van der Waals surface area contributed by atoms with Gasteiger partial charge in [0, 0.05) is 54.5 Å². The molecule has 0 fully saturated rings. The van der Waals surface area contributed by atoms with E-state index in [1.165, 1.54) is 64.8 Å². The molecule has 3 aromatic heterocycles. The molecular weight excluding hydrogens is 765 g/mol. The van der Waals surface area contributed by atoms with Crippen LogP contribution in [-0.2, 0) is 5.41 Å². The highest BCUT2D eigenvalue weighted by Crippen LogP contribution is 2.51. The van der Waals surface area contributed by atoms with E-state index in [4.69, 9.17) is 9.97 Å². The van der Waals surface area contributed by atoms with Crippen LogP contribution in [0.25, 0.3) is 121 Å². The first-order valence-electron chi connectivity index (χ1n) is 21.8. The van der Waals surface area contributed by atoms with Crippen LogP contribution in [0, 0.1) is 0 Å². The minimum absolute atomic E-state index is 0.359. The predicted molar refractivity (Wildman–Crippen MR) is 264 cm³/mol. The lowest BCUT2D eigenvalue weighted by Gasteiger charge is -2.22. The van der Waals surface area contributed by atoms with E-state index in [0.717, 1.165) is 67.2 Å². The smallest absolute Gasteiger partial charge is 0.165 e. The van der Waals surface area contributed by atoms with Gasteiger partial charge < -0.3 is 4.57 Å². The lowest BCUT2D eigenvalue weighted by Crippen LogP contribution is -2.18. The average molecular weight is 803 g/mol. The molecular formula is C59H38N4. The van der Waals surface area contributed by atoms with Gasteiger partial charge in [-0.25, -0.2) is 9.97 Å². The van der Waals surface area contributed by atoms with E-state index in [1.807, 2.05) is 0 Å². The number of aromatic nitrogens is 4. The Balaban J connectivity index is 1.21. The monoisotopic (exact) mass is 802 g/mol.